The number of carbonyl (C=O) groups excluding carboxylic acids is 2. The molecule has 2 atom stereocenters. The van der Waals surface area contributed by atoms with E-state index in [0.29, 0.717) is 12.0 Å². The van der Waals surface area contributed by atoms with Crippen LogP contribution < -0.4 is 0 Å². The second kappa shape index (κ2) is 6.24. The lowest BCUT2D eigenvalue weighted by Crippen LogP contribution is -2.44. The van der Waals surface area contributed by atoms with Gasteiger partial charge in [-0.3, -0.25) is 4.79 Å². The maximum absolute atomic E-state index is 13.0. The van der Waals surface area contributed by atoms with E-state index in [0.717, 1.165) is 0 Å². The number of cyclic esters (lactones) is 1. The number of amides is 2. The SMILES string of the molecule is CCC(C(=O)N1C(=O)OCC1C(C)C)c1ccc(F)cc1. The monoisotopic (exact) mass is 293 g/mol. The second-order valence-electron chi connectivity index (χ2n) is 5.61. The van der Waals surface area contributed by atoms with Crippen molar-refractivity contribution in [2.75, 3.05) is 6.61 Å². The minimum absolute atomic E-state index is 0.131. The van der Waals surface area contributed by atoms with Gasteiger partial charge in [-0.05, 0) is 30.0 Å². The van der Waals surface area contributed by atoms with Crippen LogP contribution in [0.15, 0.2) is 24.3 Å². The smallest absolute Gasteiger partial charge is 0.417 e. The standard InChI is InChI=1S/C16H20FNO3/c1-4-13(11-5-7-12(17)8-6-11)15(19)18-14(10(2)3)9-21-16(18)20/h5-8,10,13-14H,4,9H2,1-3H3. The van der Waals surface area contributed by atoms with Gasteiger partial charge in [0.1, 0.15) is 12.4 Å². The van der Waals surface area contributed by atoms with Crippen LogP contribution in [-0.4, -0.2) is 29.5 Å². The van der Waals surface area contributed by atoms with Crippen LogP contribution in [0.4, 0.5) is 9.18 Å². The zero-order valence-corrected chi connectivity index (χ0v) is 12.5. The number of rotatable bonds is 4. The van der Waals surface area contributed by atoms with Crippen LogP contribution in [0, 0.1) is 11.7 Å². The average molecular weight is 293 g/mol. The van der Waals surface area contributed by atoms with Gasteiger partial charge in [0.15, 0.2) is 0 Å². The summed E-state index contributed by atoms with van der Waals surface area (Å²) < 4.78 is 18.0. The topological polar surface area (TPSA) is 46.6 Å². The zero-order chi connectivity index (χ0) is 15.6. The van der Waals surface area contributed by atoms with Gasteiger partial charge in [-0.25, -0.2) is 14.1 Å². The van der Waals surface area contributed by atoms with E-state index in [9.17, 15) is 14.0 Å². The van der Waals surface area contributed by atoms with E-state index in [1.807, 2.05) is 20.8 Å². The third-order valence-corrected chi connectivity index (χ3v) is 3.89. The van der Waals surface area contributed by atoms with Crippen molar-refractivity contribution in [3.8, 4) is 0 Å². The van der Waals surface area contributed by atoms with Gasteiger partial charge < -0.3 is 4.74 Å². The molecule has 0 aromatic heterocycles. The minimum Gasteiger partial charge on any atom is -0.447 e. The molecule has 4 nitrogen and oxygen atoms in total. The van der Waals surface area contributed by atoms with Gasteiger partial charge in [0.2, 0.25) is 5.91 Å². The highest BCUT2D eigenvalue weighted by Crippen LogP contribution is 2.28. The fraction of sp³-hybridized carbons (Fsp3) is 0.500. The first kappa shape index (κ1) is 15.5. The molecule has 0 spiro atoms. The highest BCUT2D eigenvalue weighted by Gasteiger charge is 2.41. The number of nitrogens with zero attached hydrogens (tertiary/aromatic N) is 1. The molecule has 0 saturated carbocycles. The molecule has 1 fully saturated rings. The number of halogens is 1. The Hall–Kier alpha value is -1.91. The summed E-state index contributed by atoms with van der Waals surface area (Å²) in [6.45, 7) is 6.01. The normalized spacial score (nSPS) is 19.8. The van der Waals surface area contributed by atoms with Crippen LogP contribution in [0.3, 0.4) is 0 Å². The van der Waals surface area contributed by atoms with Gasteiger partial charge >= 0.3 is 6.09 Å². The molecule has 1 aromatic carbocycles. The summed E-state index contributed by atoms with van der Waals surface area (Å²) >= 11 is 0. The van der Waals surface area contributed by atoms with E-state index < -0.39 is 12.0 Å². The number of hydrogen-bond donors (Lipinski definition) is 0. The molecule has 0 N–H and O–H groups in total. The molecule has 1 aromatic rings. The van der Waals surface area contributed by atoms with Crippen LogP contribution >= 0.6 is 0 Å². The Labute approximate surface area is 123 Å². The van der Waals surface area contributed by atoms with Crippen molar-refractivity contribution in [1.29, 1.82) is 0 Å². The van der Waals surface area contributed by atoms with Crippen molar-refractivity contribution in [2.45, 2.75) is 39.2 Å². The predicted octanol–water partition coefficient (Wildman–Crippen LogP) is 3.32. The van der Waals surface area contributed by atoms with Crippen LogP contribution in [0.25, 0.3) is 0 Å². The molecule has 1 saturated heterocycles. The second-order valence-corrected chi connectivity index (χ2v) is 5.61. The van der Waals surface area contributed by atoms with Gasteiger partial charge in [-0.15, -0.1) is 0 Å². The number of benzene rings is 1. The average Bonchev–Trinajstić information content (AvgIpc) is 2.83. The Morgan fingerprint density at radius 2 is 2.00 bits per heavy atom. The molecule has 2 rings (SSSR count). The van der Waals surface area contributed by atoms with Gasteiger partial charge in [-0.2, -0.15) is 0 Å². The largest absolute Gasteiger partial charge is 0.447 e. The maximum atomic E-state index is 13.0. The quantitative estimate of drug-likeness (QED) is 0.855. The molecule has 114 valence electrons. The molecule has 1 aliphatic heterocycles. The summed E-state index contributed by atoms with van der Waals surface area (Å²) in [5.41, 5.74) is 0.714. The van der Waals surface area contributed by atoms with Crippen LogP contribution in [-0.2, 0) is 9.53 Å². The minimum atomic E-state index is -0.584. The summed E-state index contributed by atoms with van der Waals surface area (Å²) in [4.78, 5) is 25.8. The molecule has 0 aliphatic carbocycles. The first-order valence-electron chi connectivity index (χ1n) is 7.21. The van der Waals surface area contributed by atoms with Crippen molar-refractivity contribution in [3.63, 3.8) is 0 Å². The summed E-state index contributed by atoms with van der Waals surface area (Å²) in [7, 11) is 0. The Morgan fingerprint density at radius 3 is 2.52 bits per heavy atom. The molecule has 5 heteroatoms. The van der Waals surface area contributed by atoms with Gasteiger partial charge in [0.05, 0.1) is 12.0 Å². The van der Waals surface area contributed by atoms with E-state index in [1.54, 1.807) is 12.1 Å². The lowest BCUT2D eigenvalue weighted by Gasteiger charge is -2.26. The number of hydrogen-bond acceptors (Lipinski definition) is 3. The van der Waals surface area contributed by atoms with Gasteiger partial charge in [0, 0.05) is 0 Å². The summed E-state index contributed by atoms with van der Waals surface area (Å²) in [6, 6.07) is 5.60. The number of ether oxygens (including phenoxy) is 1. The van der Waals surface area contributed by atoms with E-state index >= 15 is 0 Å². The summed E-state index contributed by atoms with van der Waals surface area (Å²) in [6.07, 6.45) is -0.0433. The Morgan fingerprint density at radius 1 is 1.38 bits per heavy atom. The molecule has 2 unspecified atom stereocenters. The fourth-order valence-corrected chi connectivity index (χ4v) is 2.60. The highest BCUT2D eigenvalue weighted by atomic mass is 19.1. The lowest BCUT2D eigenvalue weighted by atomic mass is 9.93. The molecule has 1 aliphatic rings. The van der Waals surface area contributed by atoms with E-state index in [-0.39, 0.29) is 30.3 Å². The first-order valence-corrected chi connectivity index (χ1v) is 7.21. The van der Waals surface area contributed by atoms with Crippen molar-refractivity contribution in [2.24, 2.45) is 5.92 Å². The van der Waals surface area contributed by atoms with Crippen LogP contribution in [0.5, 0.6) is 0 Å². The van der Waals surface area contributed by atoms with Gasteiger partial charge in [-0.1, -0.05) is 32.9 Å². The van der Waals surface area contributed by atoms with E-state index in [1.165, 1.54) is 17.0 Å². The predicted molar refractivity (Wildman–Crippen MR) is 76.3 cm³/mol. The maximum Gasteiger partial charge on any atom is 0.417 e. The fourth-order valence-electron chi connectivity index (χ4n) is 2.60. The Kier molecular flexibility index (Phi) is 4.60. The molecule has 1 heterocycles. The molecule has 21 heavy (non-hydrogen) atoms. The Bertz CT molecular complexity index is 527. The van der Waals surface area contributed by atoms with Crippen molar-refractivity contribution < 1.29 is 18.7 Å². The Balaban J connectivity index is 2.27. The summed E-state index contributed by atoms with van der Waals surface area (Å²) in [5.74, 6) is -0.948. The highest BCUT2D eigenvalue weighted by molar-refractivity contribution is 5.97. The third kappa shape index (κ3) is 3.06. The van der Waals surface area contributed by atoms with Gasteiger partial charge in [0.25, 0.3) is 0 Å². The van der Waals surface area contributed by atoms with E-state index in [4.69, 9.17) is 4.74 Å². The molecular weight excluding hydrogens is 273 g/mol. The van der Waals surface area contributed by atoms with Crippen molar-refractivity contribution in [3.05, 3.63) is 35.6 Å². The molecule has 2 amide bonds. The first-order chi connectivity index (χ1) is 9.95. The van der Waals surface area contributed by atoms with Crippen LogP contribution in [0.2, 0.25) is 0 Å². The molecule has 0 radical (unpaired) electrons. The molecular formula is C16H20FNO3. The number of carbonyl (C=O) groups is 2. The number of imide groups is 1. The van der Waals surface area contributed by atoms with Crippen molar-refractivity contribution in [1.82, 2.24) is 4.90 Å². The summed E-state index contributed by atoms with van der Waals surface area (Å²) in [5, 5.41) is 0. The third-order valence-electron chi connectivity index (χ3n) is 3.89. The van der Waals surface area contributed by atoms with Crippen LogP contribution in [0.1, 0.15) is 38.7 Å². The molecule has 0 bridgehead atoms. The lowest BCUT2D eigenvalue weighted by molar-refractivity contribution is -0.131. The van der Waals surface area contributed by atoms with Crippen molar-refractivity contribution >= 4 is 12.0 Å². The van der Waals surface area contributed by atoms with E-state index in [2.05, 4.69) is 0 Å². The zero-order valence-electron chi connectivity index (χ0n) is 12.5.